The van der Waals surface area contributed by atoms with E-state index in [1.54, 1.807) is 0 Å². The summed E-state index contributed by atoms with van der Waals surface area (Å²) >= 11 is 3.87. The van der Waals surface area contributed by atoms with Crippen LogP contribution in [0.2, 0.25) is 0 Å². The van der Waals surface area contributed by atoms with Gasteiger partial charge in [0.25, 0.3) is 0 Å². The van der Waals surface area contributed by atoms with E-state index in [1.807, 2.05) is 22.7 Å². The van der Waals surface area contributed by atoms with Gasteiger partial charge < -0.3 is 4.81 Å². The molecule has 1 aliphatic carbocycles. The third-order valence-corrected chi connectivity index (χ3v) is 15.5. The van der Waals surface area contributed by atoms with Crippen LogP contribution in [-0.2, 0) is 6.42 Å². The lowest BCUT2D eigenvalue weighted by Gasteiger charge is -2.40. The molecule has 4 heteroatoms. The third-order valence-electron chi connectivity index (χ3n) is 13.1. The minimum absolute atomic E-state index is 0.0551. The van der Waals surface area contributed by atoms with Gasteiger partial charge in [-0.15, -0.1) is 22.7 Å². The second-order valence-electron chi connectivity index (χ2n) is 15.9. The van der Waals surface area contributed by atoms with Crippen molar-refractivity contribution in [2.24, 2.45) is 0 Å². The molecule has 2 aromatic heterocycles. The van der Waals surface area contributed by atoms with E-state index in [1.165, 1.54) is 129 Å². The number of hydrogen-bond acceptors (Lipinski definition) is 3. The fourth-order valence-electron chi connectivity index (χ4n) is 10.8. The highest BCUT2D eigenvalue weighted by Crippen LogP contribution is 2.53. The first-order valence-electron chi connectivity index (χ1n) is 19.8. The van der Waals surface area contributed by atoms with Gasteiger partial charge in [-0.2, -0.15) is 0 Å². The Morgan fingerprint density at radius 1 is 0.456 bits per heavy atom. The summed E-state index contributed by atoms with van der Waals surface area (Å²) in [5, 5.41) is 10.6. The Bertz CT molecular complexity index is 3640. The Morgan fingerprint density at radius 2 is 1.14 bits per heavy atom. The Hall–Kier alpha value is -6.46. The van der Waals surface area contributed by atoms with Crippen LogP contribution in [0, 0.1) is 0 Å². The number of allylic oxidation sites excluding steroid dienone is 1. The molecule has 0 bridgehead atoms. The summed E-state index contributed by atoms with van der Waals surface area (Å²) in [6.45, 7) is -0.0551. The average Bonchev–Trinajstić information content (AvgIpc) is 3.80. The van der Waals surface area contributed by atoms with Crippen molar-refractivity contribution >= 4 is 125 Å². The van der Waals surface area contributed by atoms with Crippen LogP contribution >= 0.6 is 22.7 Å². The summed E-state index contributed by atoms with van der Waals surface area (Å²) in [4.78, 5) is 2.75. The molecule has 0 saturated heterocycles. The zero-order valence-corrected chi connectivity index (χ0v) is 32.3. The molecule has 1 nitrogen and oxygen atoms in total. The molecule has 0 unspecified atom stereocenters. The molecule has 262 valence electrons. The molecular weight excluding hydrogens is 726 g/mol. The molecule has 9 aromatic carbocycles. The first-order valence-corrected chi connectivity index (χ1v) is 21.5. The summed E-state index contributed by atoms with van der Waals surface area (Å²) in [6, 6.07) is 62.1. The molecule has 14 rings (SSSR count). The minimum atomic E-state index is -0.0551. The first-order chi connectivity index (χ1) is 28.3. The van der Waals surface area contributed by atoms with Gasteiger partial charge in [0, 0.05) is 52.6 Å². The number of hydrogen-bond donors (Lipinski definition) is 0. The van der Waals surface area contributed by atoms with Crippen LogP contribution in [0.5, 0.6) is 0 Å². The van der Waals surface area contributed by atoms with Crippen molar-refractivity contribution in [1.29, 1.82) is 0 Å². The lowest BCUT2D eigenvalue weighted by atomic mass is 9.43. The maximum atomic E-state index is 2.75. The van der Waals surface area contributed by atoms with E-state index in [-0.39, 0.29) is 6.85 Å². The van der Waals surface area contributed by atoms with Crippen LogP contribution in [-0.4, -0.2) is 6.85 Å². The van der Waals surface area contributed by atoms with Gasteiger partial charge in [0.05, 0.1) is 4.70 Å². The van der Waals surface area contributed by atoms with E-state index in [4.69, 9.17) is 0 Å². The molecule has 11 aromatic rings. The number of thiophene rings is 2. The van der Waals surface area contributed by atoms with Crippen molar-refractivity contribution in [2.75, 3.05) is 4.81 Å². The summed E-state index contributed by atoms with van der Waals surface area (Å²) in [5.74, 6) is 0. The Balaban J connectivity index is 1.18. The summed E-state index contributed by atoms with van der Waals surface area (Å²) in [7, 11) is 0. The zero-order valence-electron chi connectivity index (χ0n) is 30.7. The second kappa shape index (κ2) is 11.1. The summed E-state index contributed by atoms with van der Waals surface area (Å²) in [5.41, 5.74) is 16.4. The van der Waals surface area contributed by atoms with Crippen molar-refractivity contribution < 1.29 is 0 Å². The number of nitrogens with zero attached hydrogens (tertiary/aromatic N) is 1. The molecule has 2 aliphatic heterocycles. The fraction of sp³-hybridized carbons (Fsp3) is 0.0189. The molecular formula is C53H30BNS2. The van der Waals surface area contributed by atoms with E-state index >= 15 is 0 Å². The molecule has 57 heavy (non-hydrogen) atoms. The van der Waals surface area contributed by atoms with Crippen molar-refractivity contribution in [3.05, 3.63) is 180 Å². The van der Waals surface area contributed by atoms with Crippen LogP contribution in [0.25, 0.3) is 95.8 Å². The highest BCUT2D eigenvalue weighted by atomic mass is 32.1. The molecule has 3 aliphatic rings. The fourth-order valence-corrected chi connectivity index (χ4v) is 13.2. The van der Waals surface area contributed by atoms with E-state index in [0.29, 0.717) is 0 Å². The molecule has 4 heterocycles. The predicted octanol–water partition coefficient (Wildman–Crippen LogP) is 13.7. The highest BCUT2D eigenvalue weighted by molar-refractivity contribution is 7.27. The van der Waals surface area contributed by atoms with Crippen molar-refractivity contribution in [1.82, 2.24) is 0 Å². The summed E-state index contributed by atoms with van der Waals surface area (Å²) in [6.07, 6.45) is 3.49. The topological polar surface area (TPSA) is 3.24 Å². The van der Waals surface area contributed by atoms with Gasteiger partial charge in [0.15, 0.2) is 0 Å². The quantitative estimate of drug-likeness (QED) is 0.151. The lowest BCUT2D eigenvalue weighted by Crippen LogP contribution is -2.58. The molecule has 0 atom stereocenters. The van der Waals surface area contributed by atoms with E-state index in [0.717, 1.165) is 6.42 Å². The van der Waals surface area contributed by atoms with Crippen LogP contribution in [0.15, 0.2) is 164 Å². The molecule has 0 saturated carbocycles. The lowest BCUT2D eigenvalue weighted by molar-refractivity contribution is 1.29. The molecule has 0 amide bonds. The monoisotopic (exact) mass is 755 g/mol. The van der Waals surface area contributed by atoms with Gasteiger partial charge in [-0.05, 0) is 108 Å². The predicted molar refractivity (Wildman–Crippen MR) is 250 cm³/mol. The van der Waals surface area contributed by atoms with Gasteiger partial charge in [0.2, 0.25) is 0 Å². The van der Waals surface area contributed by atoms with E-state index in [2.05, 4.69) is 175 Å². The average molecular weight is 756 g/mol. The van der Waals surface area contributed by atoms with E-state index in [9.17, 15) is 0 Å². The SMILES string of the molecule is C1=C2Cc3c(ccc4ccccc34)-c3cccc(c32)B2c3c(cc4ccccc4c31)-c1c(ccc3c1sc1ccccc13)N2c1cccc2c1sc1ccccc12. The van der Waals surface area contributed by atoms with Gasteiger partial charge in [-0.3, -0.25) is 0 Å². The summed E-state index contributed by atoms with van der Waals surface area (Å²) < 4.78 is 5.37. The van der Waals surface area contributed by atoms with Crippen molar-refractivity contribution in [2.45, 2.75) is 6.42 Å². The first kappa shape index (κ1) is 30.7. The van der Waals surface area contributed by atoms with Gasteiger partial charge in [-0.25, -0.2) is 0 Å². The smallest absolute Gasteiger partial charge is 0.330 e. The third kappa shape index (κ3) is 3.99. The van der Waals surface area contributed by atoms with Gasteiger partial charge in [0.1, 0.15) is 0 Å². The van der Waals surface area contributed by atoms with Crippen molar-refractivity contribution in [3.8, 4) is 22.3 Å². The van der Waals surface area contributed by atoms with Crippen LogP contribution in [0.3, 0.4) is 0 Å². The standard InChI is InChI=1S/C53H30BNS2/c1-3-13-33-30(11-1)23-24-35-38-17-9-19-44-49(38)32(28-41(33)35)29-42-34-14-4-2-12-31(34)27-43-50-45(26-25-40-37-16-6-8-22-48(37)57-53(40)50)55(54(44)51(42)43)46-20-10-18-39-36-15-5-7-21-47(36)56-52(39)46/h1-27,29H,28H2. The Labute approximate surface area is 337 Å². The van der Waals surface area contributed by atoms with Crippen LogP contribution in [0.4, 0.5) is 11.4 Å². The molecule has 0 fully saturated rings. The van der Waals surface area contributed by atoms with Crippen molar-refractivity contribution in [3.63, 3.8) is 0 Å². The minimum Gasteiger partial charge on any atom is -0.375 e. The normalized spacial score (nSPS) is 13.9. The van der Waals surface area contributed by atoms with Gasteiger partial charge in [-0.1, -0.05) is 140 Å². The number of anilines is 2. The van der Waals surface area contributed by atoms with E-state index < -0.39 is 0 Å². The zero-order chi connectivity index (χ0) is 36.9. The Kier molecular flexibility index (Phi) is 5.99. The van der Waals surface area contributed by atoms with Gasteiger partial charge >= 0.3 is 6.85 Å². The number of benzene rings is 9. The van der Waals surface area contributed by atoms with Crippen LogP contribution < -0.4 is 15.7 Å². The molecule has 0 spiro atoms. The van der Waals surface area contributed by atoms with Crippen LogP contribution in [0.1, 0.15) is 16.7 Å². The maximum Gasteiger partial charge on any atom is 0.330 e. The number of fused-ring (bicyclic) bond motifs is 16. The second-order valence-corrected chi connectivity index (χ2v) is 18.0. The maximum absolute atomic E-state index is 2.75. The number of rotatable bonds is 1. The molecule has 0 N–H and O–H groups in total. The highest BCUT2D eigenvalue weighted by Gasteiger charge is 2.44. The largest absolute Gasteiger partial charge is 0.375 e. The molecule has 0 radical (unpaired) electrons. The Morgan fingerprint density at radius 3 is 1.98 bits per heavy atom.